The number of thiocarbonyl (C=S) groups is 1. The van der Waals surface area contributed by atoms with Crippen LogP contribution in [0.2, 0.25) is 0 Å². The highest BCUT2D eigenvalue weighted by molar-refractivity contribution is 7.80. The molecule has 0 radical (unpaired) electrons. The zero-order valence-electron chi connectivity index (χ0n) is 13.5. The minimum absolute atomic E-state index is 0.624. The van der Waals surface area contributed by atoms with Crippen molar-refractivity contribution in [3.63, 3.8) is 0 Å². The number of pyridine rings is 1. The van der Waals surface area contributed by atoms with Gasteiger partial charge in [0.2, 0.25) is 5.95 Å². The zero-order valence-corrected chi connectivity index (χ0v) is 14.3. The van der Waals surface area contributed by atoms with Crippen LogP contribution >= 0.6 is 12.2 Å². The number of nitrogens with one attached hydrogen (secondary N) is 1. The Labute approximate surface area is 146 Å². The molecule has 2 aromatic rings. The molecule has 1 aliphatic heterocycles. The highest BCUT2D eigenvalue weighted by atomic mass is 32.1. The van der Waals surface area contributed by atoms with Crippen molar-refractivity contribution in [2.75, 3.05) is 31.1 Å². The molecule has 3 rings (SSSR count). The number of anilines is 1. The van der Waals surface area contributed by atoms with Crippen LogP contribution in [0.25, 0.3) is 0 Å². The van der Waals surface area contributed by atoms with Gasteiger partial charge in [0.05, 0.1) is 11.4 Å². The molecule has 124 valence electrons. The molecule has 0 atom stereocenters. The maximum atomic E-state index is 5.44. The Balaban J connectivity index is 1.52. The molecule has 0 aliphatic carbocycles. The monoisotopic (exact) mass is 341 g/mol. The minimum Gasteiger partial charge on any atom is -0.344 e. The van der Waals surface area contributed by atoms with Crippen LogP contribution < -0.4 is 10.3 Å². The second-order valence-corrected chi connectivity index (χ2v) is 5.74. The molecule has 0 amide bonds. The Morgan fingerprint density at radius 1 is 1.04 bits per heavy atom. The van der Waals surface area contributed by atoms with Gasteiger partial charge in [0.25, 0.3) is 0 Å². The minimum atomic E-state index is 0.624. The summed E-state index contributed by atoms with van der Waals surface area (Å²) >= 11 is 5.44. The third-order valence-corrected chi connectivity index (χ3v) is 4.11. The topological polar surface area (TPSA) is 69.5 Å². The van der Waals surface area contributed by atoms with Crippen LogP contribution in [0.15, 0.2) is 48.0 Å². The highest BCUT2D eigenvalue weighted by Crippen LogP contribution is 2.09. The number of nitrogens with zero attached hydrogens (tertiary/aromatic N) is 6. The summed E-state index contributed by atoms with van der Waals surface area (Å²) in [6, 6.07) is 7.55. The summed E-state index contributed by atoms with van der Waals surface area (Å²) in [4.78, 5) is 17.1. The molecule has 1 fully saturated rings. The van der Waals surface area contributed by atoms with Gasteiger partial charge in [0, 0.05) is 44.8 Å². The van der Waals surface area contributed by atoms with E-state index in [0.29, 0.717) is 5.11 Å². The predicted molar refractivity (Wildman–Crippen MR) is 98.0 cm³/mol. The van der Waals surface area contributed by atoms with E-state index in [4.69, 9.17) is 12.2 Å². The van der Waals surface area contributed by atoms with Gasteiger partial charge < -0.3 is 9.80 Å². The van der Waals surface area contributed by atoms with Crippen LogP contribution in [0.1, 0.15) is 12.6 Å². The third-order valence-electron chi connectivity index (χ3n) is 3.76. The Morgan fingerprint density at radius 2 is 1.75 bits per heavy atom. The standard InChI is InChI=1S/C16H19N7S/c1-13(14-5-2-3-6-17-14)20-21-16(24)23-11-9-22(10-12-23)15-18-7-4-8-19-15/h2-8H,9-12H2,1H3,(H,21,24)/b20-13-. The second-order valence-electron chi connectivity index (χ2n) is 5.35. The van der Waals surface area contributed by atoms with Crippen molar-refractivity contribution in [1.82, 2.24) is 25.3 Å². The summed E-state index contributed by atoms with van der Waals surface area (Å²) in [7, 11) is 0. The van der Waals surface area contributed by atoms with E-state index in [1.54, 1.807) is 18.6 Å². The lowest BCUT2D eigenvalue weighted by Crippen LogP contribution is -2.51. The number of rotatable bonds is 3. The first-order chi connectivity index (χ1) is 11.7. The summed E-state index contributed by atoms with van der Waals surface area (Å²) in [6.45, 7) is 5.18. The fraction of sp³-hybridized carbons (Fsp3) is 0.312. The Bertz CT molecular complexity index is 697. The summed E-state index contributed by atoms with van der Waals surface area (Å²) in [6.07, 6.45) is 5.27. The molecule has 0 bridgehead atoms. The van der Waals surface area contributed by atoms with E-state index >= 15 is 0 Å². The molecule has 1 saturated heterocycles. The van der Waals surface area contributed by atoms with E-state index in [1.807, 2.05) is 31.2 Å². The molecule has 8 heteroatoms. The molecular formula is C16H19N7S. The van der Waals surface area contributed by atoms with Crippen molar-refractivity contribution < 1.29 is 0 Å². The van der Waals surface area contributed by atoms with Gasteiger partial charge in [-0.05, 0) is 37.3 Å². The van der Waals surface area contributed by atoms with E-state index in [1.165, 1.54) is 0 Å². The molecule has 2 aromatic heterocycles. The molecule has 0 spiro atoms. The van der Waals surface area contributed by atoms with Crippen molar-refractivity contribution in [3.05, 3.63) is 48.5 Å². The Hall–Kier alpha value is -2.61. The molecular weight excluding hydrogens is 322 g/mol. The van der Waals surface area contributed by atoms with Crippen molar-refractivity contribution in [1.29, 1.82) is 0 Å². The van der Waals surface area contributed by atoms with Gasteiger partial charge >= 0.3 is 0 Å². The maximum absolute atomic E-state index is 5.44. The normalized spacial score (nSPS) is 15.3. The van der Waals surface area contributed by atoms with Crippen molar-refractivity contribution in [3.8, 4) is 0 Å². The van der Waals surface area contributed by atoms with Crippen molar-refractivity contribution in [2.45, 2.75) is 6.92 Å². The van der Waals surface area contributed by atoms with Gasteiger partial charge in [0.15, 0.2) is 5.11 Å². The number of hydrogen-bond acceptors (Lipinski definition) is 6. The van der Waals surface area contributed by atoms with Crippen LogP contribution in [-0.2, 0) is 0 Å². The van der Waals surface area contributed by atoms with Crippen LogP contribution in [-0.4, -0.2) is 56.9 Å². The fourth-order valence-corrected chi connectivity index (χ4v) is 2.63. The van der Waals surface area contributed by atoms with E-state index in [0.717, 1.165) is 43.5 Å². The number of piperazine rings is 1. The van der Waals surface area contributed by atoms with Gasteiger partial charge in [-0.3, -0.25) is 10.4 Å². The van der Waals surface area contributed by atoms with Crippen LogP contribution in [0, 0.1) is 0 Å². The van der Waals surface area contributed by atoms with E-state index < -0.39 is 0 Å². The van der Waals surface area contributed by atoms with Crippen LogP contribution in [0.4, 0.5) is 5.95 Å². The fourth-order valence-electron chi connectivity index (χ4n) is 2.40. The summed E-state index contributed by atoms with van der Waals surface area (Å²) < 4.78 is 0. The smallest absolute Gasteiger partial charge is 0.225 e. The van der Waals surface area contributed by atoms with Gasteiger partial charge in [-0.2, -0.15) is 5.10 Å². The van der Waals surface area contributed by atoms with Gasteiger partial charge in [0.1, 0.15) is 0 Å². The molecule has 1 aliphatic rings. The average molecular weight is 341 g/mol. The lowest BCUT2D eigenvalue weighted by molar-refractivity contribution is 0.378. The highest BCUT2D eigenvalue weighted by Gasteiger charge is 2.20. The lowest BCUT2D eigenvalue weighted by Gasteiger charge is -2.35. The van der Waals surface area contributed by atoms with E-state index in [9.17, 15) is 0 Å². The molecule has 0 saturated carbocycles. The Morgan fingerprint density at radius 3 is 2.42 bits per heavy atom. The van der Waals surface area contributed by atoms with Crippen molar-refractivity contribution in [2.24, 2.45) is 5.10 Å². The van der Waals surface area contributed by atoms with Crippen LogP contribution in [0.3, 0.4) is 0 Å². The summed E-state index contributed by atoms with van der Waals surface area (Å²) in [5, 5.41) is 4.95. The first-order valence-corrected chi connectivity index (χ1v) is 8.17. The molecule has 1 N–H and O–H groups in total. The van der Waals surface area contributed by atoms with Crippen molar-refractivity contribution >= 4 is 29.0 Å². The molecule has 3 heterocycles. The van der Waals surface area contributed by atoms with Gasteiger partial charge in [-0.25, -0.2) is 9.97 Å². The quantitative estimate of drug-likeness (QED) is 0.512. The van der Waals surface area contributed by atoms with Gasteiger partial charge in [-0.15, -0.1) is 0 Å². The lowest BCUT2D eigenvalue weighted by atomic mass is 10.3. The first kappa shape index (κ1) is 16.3. The van der Waals surface area contributed by atoms with Crippen LogP contribution in [0.5, 0.6) is 0 Å². The molecule has 0 unspecified atom stereocenters. The summed E-state index contributed by atoms with van der Waals surface area (Å²) in [5.41, 5.74) is 4.59. The molecule has 24 heavy (non-hydrogen) atoms. The largest absolute Gasteiger partial charge is 0.344 e. The second kappa shape index (κ2) is 7.78. The van der Waals surface area contributed by atoms with E-state index in [-0.39, 0.29) is 0 Å². The van der Waals surface area contributed by atoms with E-state index in [2.05, 4.69) is 35.3 Å². The number of hydrazone groups is 1. The molecule has 7 nitrogen and oxygen atoms in total. The Kier molecular flexibility index (Phi) is 5.27. The van der Waals surface area contributed by atoms with Gasteiger partial charge in [-0.1, -0.05) is 6.07 Å². The SMILES string of the molecule is C/C(=N/NC(=S)N1CCN(c2ncccn2)CC1)c1ccccn1. The summed E-state index contributed by atoms with van der Waals surface area (Å²) in [5.74, 6) is 0.764. The molecule has 0 aromatic carbocycles. The average Bonchev–Trinajstić information content (AvgIpc) is 2.67. The number of hydrogen-bond donors (Lipinski definition) is 1. The zero-order chi connectivity index (χ0) is 16.8. The first-order valence-electron chi connectivity index (χ1n) is 7.76. The predicted octanol–water partition coefficient (Wildman–Crippen LogP) is 1.29. The third kappa shape index (κ3) is 4.02. The number of aromatic nitrogens is 3. The maximum Gasteiger partial charge on any atom is 0.225 e.